The molecule has 1 saturated heterocycles. The predicted molar refractivity (Wildman–Crippen MR) is 81.0 cm³/mol. The van der Waals surface area contributed by atoms with Crippen molar-refractivity contribution in [1.29, 1.82) is 0 Å². The fraction of sp³-hybridized carbons (Fsp3) is 0.533. The third kappa shape index (κ3) is 4.42. The van der Waals surface area contributed by atoms with Crippen LogP contribution < -0.4 is 5.32 Å². The number of hydrogen-bond donors (Lipinski definition) is 1. The first-order chi connectivity index (χ1) is 10.5. The number of carbonyl (C=O) groups is 2. The number of ether oxygens (including phenoxy) is 2. The molecule has 0 unspecified atom stereocenters. The number of nitrogens with zero attached hydrogens (tertiary/aromatic N) is 1. The molecule has 1 amide bonds. The Morgan fingerprint density at radius 1 is 1.50 bits per heavy atom. The highest BCUT2D eigenvalue weighted by Gasteiger charge is 2.19. The Morgan fingerprint density at radius 2 is 2.27 bits per heavy atom. The molecule has 0 radical (unpaired) electrons. The maximum Gasteiger partial charge on any atom is 0.342 e. The quantitative estimate of drug-likeness (QED) is 0.659. The van der Waals surface area contributed by atoms with Crippen molar-refractivity contribution < 1.29 is 19.1 Å². The Labute approximate surface area is 134 Å². The van der Waals surface area contributed by atoms with Gasteiger partial charge in [-0.15, -0.1) is 0 Å². The van der Waals surface area contributed by atoms with Gasteiger partial charge in [-0.25, -0.2) is 9.78 Å². The average molecular weight is 327 g/mol. The molecule has 1 aromatic rings. The summed E-state index contributed by atoms with van der Waals surface area (Å²) < 4.78 is 10.4. The van der Waals surface area contributed by atoms with Crippen molar-refractivity contribution in [2.24, 2.45) is 0 Å². The summed E-state index contributed by atoms with van der Waals surface area (Å²) in [6.07, 6.45) is 2.00. The van der Waals surface area contributed by atoms with Crippen LogP contribution in [0.3, 0.4) is 0 Å². The summed E-state index contributed by atoms with van der Waals surface area (Å²) in [4.78, 5) is 27.7. The van der Waals surface area contributed by atoms with Gasteiger partial charge in [-0.05, 0) is 38.3 Å². The van der Waals surface area contributed by atoms with Gasteiger partial charge < -0.3 is 14.8 Å². The molecule has 0 aliphatic carbocycles. The first-order valence-corrected chi connectivity index (χ1v) is 7.54. The Bertz CT molecular complexity index is 548. The first-order valence-electron chi connectivity index (χ1n) is 7.16. The lowest BCUT2D eigenvalue weighted by atomic mass is 10.1. The molecule has 22 heavy (non-hydrogen) atoms. The fourth-order valence-corrected chi connectivity index (χ4v) is 2.68. The smallest absolute Gasteiger partial charge is 0.342 e. The molecular formula is C15H19ClN2O4. The zero-order chi connectivity index (χ0) is 16.1. The van der Waals surface area contributed by atoms with E-state index in [1.165, 1.54) is 0 Å². The number of halogens is 1. The van der Waals surface area contributed by atoms with E-state index in [0.717, 1.165) is 19.4 Å². The van der Waals surface area contributed by atoms with Gasteiger partial charge in [0.15, 0.2) is 6.61 Å². The number of aromatic nitrogens is 1. The van der Waals surface area contributed by atoms with Gasteiger partial charge in [0.1, 0.15) is 5.15 Å². The highest BCUT2D eigenvalue weighted by molar-refractivity contribution is 6.32. The second-order valence-electron chi connectivity index (χ2n) is 5.26. The lowest BCUT2D eigenvalue weighted by Gasteiger charge is -2.12. The molecule has 6 nitrogen and oxygen atoms in total. The van der Waals surface area contributed by atoms with Crippen LogP contribution in [0.4, 0.5) is 0 Å². The van der Waals surface area contributed by atoms with Crippen LogP contribution in [-0.2, 0) is 14.3 Å². The second kappa shape index (κ2) is 7.56. The Kier molecular flexibility index (Phi) is 5.74. The van der Waals surface area contributed by atoms with Gasteiger partial charge >= 0.3 is 5.97 Å². The second-order valence-corrected chi connectivity index (χ2v) is 5.62. The maximum absolute atomic E-state index is 12.0. The van der Waals surface area contributed by atoms with Gasteiger partial charge in [0.2, 0.25) is 0 Å². The molecule has 0 bridgehead atoms. The zero-order valence-corrected chi connectivity index (χ0v) is 13.4. The van der Waals surface area contributed by atoms with E-state index in [-0.39, 0.29) is 29.3 Å². The van der Waals surface area contributed by atoms with E-state index in [9.17, 15) is 9.59 Å². The lowest BCUT2D eigenvalue weighted by molar-refractivity contribution is -0.124. The molecule has 1 aromatic heterocycles. The molecule has 1 aliphatic heterocycles. The zero-order valence-electron chi connectivity index (χ0n) is 12.6. The van der Waals surface area contributed by atoms with Gasteiger partial charge in [0, 0.05) is 18.8 Å². The molecule has 1 N–H and O–H groups in total. The maximum atomic E-state index is 12.0. The molecule has 0 spiro atoms. The molecule has 0 saturated carbocycles. The van der Waals surface area contributed by atoms with Gasteiger partial charge in [0.05, 0.1) is 11.7 Å². The molecule has 2 heterocycles. The molecule has 1 aliphatic rings. The van der Waals surface area contributed by atoms with Crippen molar-refractivity contribution in [3.05, 3.63) is 28.0 Å². The standard InChI is InChI=1S/C15H19ClN2O4/c1-9-6-10(2)18-14(16)13(9)15(20)22-8-12(19)17-7-11-4-3-5-21-11/h6,11H,3-5,7-8H2,1-2H3,(H,17,19)/t11-/m1/s1. The first kappa shape index (κ1) is 16.7. The van der Waals surface area contributed by atoms with E-state index in [1.807, 2.05) is 0 Å². The van der Waals surface area contributed by atoms with Crippen LogP contribution in [0.25, 0.3) is 0 Å². The number of hydrogen-bond acceptors (Lipinski definition) is 5. The number of carbonyl (C=O) groups excluding carboxylic acids is 2. The average Bonchev–Trinajstić information content (AvgIpc) is 2.95. The summed E-state index contributed by atoms with van der Waals surface area (Å²) in [6.45, 7) is 4.34. The van der Waals surface area contributed by atoms with Crippen LogP contribution >= 0.6 is 11.6 Å². The van der Waals surface area contributed by atoms with Crippen LogP contribution in [0.15, 0.2) is 6.07 Å². The topological polar surface area (TPSA) is 77.5 Å². The van der Waals surface area contributed by atoms with Crippen LogP contribution in [0.2, 0.25) is 5.15 Å². The van der Waals surface area contributed by atoms with Crippen molar-refractivity contribution in [2.75, 3.05) is 19.8 Å². The summed E-state index contributed by atoms with van der Waals surface area (Å²) in [7, 11) is 0. The molecular weight excluding hydrogens is 308 g/mol. The molecule has 7 heteroatoms. The number of rotatable bonds is 5. The summed E-state index contributed by atoms with van der Waals surface area (Å²) in [5, 5.41) is 2.77. The minimum Gasteiger partial charge on any atom is -0.452 e. The van der Waals surface area contributed by atoms with Crippen LogP contribution in [0, 0.1) is 13.8 Å². The lowest BCUT2D eigenvalue weighted by Crippen LogP contribution is -2.34. The van der Waals surface area contributed by atoms with Crippen LogP contribution in [0.5, 0.6) is 0 Å². The van der Waals surface area contributed by atoms with Gasteiger partial charge in [-0.3, -0.25) is 4.79 Å². The van der Waals surface area contributed by atoms with E-state index in [0.29, 0.717) is 17.8 Å². The highest BCUT2D eigenvalue weighted by Crippen LogP contribution is 2.19. The third-order valence-corrected chi connectivity index (χ3v) is 3.66. The third-order valence-electron chi connectivity index (χ3n) is 3.39. The summed E-state index contributed by atoms with van der Waals surface area (Å²) in [6, 6.07) is 1.74. The summed E-state index contributed by atoms with van der Waals surface area (Å²) in [5.74, 6) is -1.01. The van der Waals surface area contributed by atoms with E-state index >= 15 is 0 Å². The normalized spacial score (nSPS) is 17.3. The summed E-state index contributed by atoms with van der Waals surface area (Å²) >= 11 is 5.96. The monoisotopic (exact) mass is 326 g/mol. The number of pyridine rings is 1. The Morgan fingerprint density at radius 3 is 2.91 bits per heavy atom. The molecule has 1 fully saturated rings. The molecule has 120 valence electrons. The van der Waals surface area contributed by atoms with Gasteiger partial charge in [-0.2, -0.15) is 0 Å². The number of amides is 1. The van der Waals surface area contributed by atoms with E-state index < -0.39 is 5.97 Å². The van der Waals surface area contributed by atoms with E-state index in [2.05, 4.69) is 10.3 Å². The highest BCUT2D eigenvalue weighted by atomic mass is 35.5. The van der Waals surface area contributed by atoms with Crippen molar-refractivity contribution >= 4 is 23.5 Å². The van der Waals surface area contributed by atoms with Crippen molar-refractivity contribution in [2.45, 2.75) is 32.8 Å². The molecule has 1 atom stereocenters. The Balaban J connectivity index is 1.83. The summed E-state index contributed by atoms with van der Waals surface area (Å²) in [5.41, 5.74) is 1.58. The molecule has 2 rings (SSSR count). The number of esters is 1. The van der Waals surface area contributed by atoms with Gasteiger partial charge in [0.25, 0.3) is 5.91 Å². The largest absolute Gasteiger partial charge is 0.452 e. The SMILES string of the molecule is Cc1cc(C)c(C(=O)OCC(=O)NC[C@H]2CCCO2)c(Cl)n1. The minimum absolute atomic E-state index is 0.0534. The number of aryl methyl sites for hydroxylation is 2. The Hall–Kier alpha value is -1.66. The van der Waals surface area contributed by atoms with E-state index in [4.69, 9.17) is 21.1 Å². The molecule has 0 aromatic carbocycles. The van der Waals surface area contributed by atoms with Crippen LogP contribution in [0.1, 0.15) is 34.5 Å². The van der Waals surface area contributed by atoms with Crippen molar-refractivity contribution in [3.63, 3.8) is 0 Å². The van der Waals surface area contributed by atoms with Crippen LogP contribution in [-0.4, -0.2) is 42.7 Å². The van der Waals surface area contributed by atoms with E-state index in [1.54, 1.807) is 19.9 Å². The van der Waals surface area contributed by atoms with Crippen molar-refractivity contribution in [3.8, 4) is 0 Å². The van der Waals surface area contributed by atoms with Gasteiger partial charge in [-0.1, -0.05) is 11.6 Å². The van der Waals surface area contributed by atoms with Crippen molar-refractivity contribution in [1.82, 2.24) is 10.3 Å². The number of nitrogens with one attached hydrogen (secondary N) is 1. The minimum atomic E-state index is -0.651. The fourth-order valence-electron chi connectivity index (χ4n) is 2.32. The predicted octanol–water partition coefficient (Wildman–Crippen LogP) is 1.80.